The topological polar surface area (TPSA) is 114 Å². The molecule has 4 aromatic rings. The summed E-state index contributed by atoms with van der Waals surface area (Å²) in [6, 6.07) is 15.9. The maximum Gasteiger partial charge on any atom is 0.251 e. The number of anilines is 1. The molecule has 2 aromatic heterocycles. The van der Waals surface area contributed by atoms with Crippen molar-refractivity contribution in [3.63, 3.8) is 0 Å². The maximum atomic E-state index is 13.1. The molecule has 0 saturated carbocycles. The highest BCUT2D eigenvalue weighted by atomic mass is 32.2. The lowest BCUT2D eigenvalue weighted by Crippen LogP contribution is -2.37. The van der Waals surface area contributed by atoms with Gasteiger partial charge in [-0.25, -0.2) is 18.4 Å². The number of carbonyl (C=O) groups excluding carboxylic acids is 1. The number of aryl methyl sites for hydroxylation is 1. The minimum Gasteiger partial charge on any atom is -0.348 e. The molecule has 1 N–H and O–H groups in total. The van der Waals surface area contributed by atoms with Crippen LogP contribution in [0.4, 0.5) is 5.95 Å². The summed E-state index contributed by atoms with van der Waals surface area (Å²) in [6.07, 6.45) is 5.21. The number of nitrogens with one attached hydrogen (secondary N) is 1. The molecular weight excluding hydrogens is 550 g/mol. The van der Waals surface area contributed by atoms with E-state index >= 15 is 0 Å². The molecule has 10 heteroatoms. The van der Waals surface area contributed by atoms with Crippen LogP contribution in [-0.4, -0.2) is 41.2 Å². The summed E-state index contributed by atoms with van der Waals surface area (Å²) < 4.78 is 25.6. The standard InChI is InChI=1S/C32H35N5O4S/c1-5-42(40,41)27-9-6-22(7-10-27)16-33-31(39)24-8-11-28-25(14-24)19-37(20-29(28)21(2)3)32-34-17-26(18-35-32)23-12-13-36(4)30(38)15-23/h6-15,17-18,21,29H,5,16,19-20H2,1-4H3,(H,33,39)/t29-/m1/s1. The van der Waals surface area contributed by atoms with Crippen LogP contribution in [0.2, 0.25) is 0 Å². The van der Waals surface area contributed by atoms with Gasteiger partial charge in [0.25, 0.3) is 11.5 Å². The van der Waals surface area contributed by atoms with Crippen LogP contribution in [0.15, 0.2) is 82.9 Å². The SMILES string of the molecule is CCS(=O)(=O)c1ccc(CNC(=O)c2ccc3c(c2)CN(c2ncc(-c4ccn(C)c(=O)c4)cn2)C[C@@H]3C(C)C)cc1. The third kappa shape index (κ3) is 6.13. The Bertz CT molecular complexity index is 1760. The molecule has 0 unspecified atom stereocenters. The van der Waals surface area contributed by atoms with Crippen molar-refractivity contribution in [1.82, 2.24) is 19.9 Å². The van der Waals surface area contributed by atoms with Gasteiger partial charge >= 0.3 is 0 Å². The van der Waals surface area contributed by atoms with E-state index in [4.69, 9.17) is 0 Å². The summed E-state index contributed by atoms with van der Waals surface area (Å²) >= 11 is 0. The van der Waals surface area contributed by atoms with Crippen LogP contribution < -0.4 is 15.8 Å². The fraction of sp³-hybridized carbons (Fsp3) is 0.312. The molecule has 5 rings (SSSR count). The molecule has 1 amide bonds. The average molecular weight is 586 g/mol. The lowest BCUT2D eigenvalue weighted by molar-refractivity contribution is 0.0950. The van der Waals surface area contributed by atoms with Gasteiger partial charge in [0.1, 0.15) is 0 Å². The molecule has 3 heterocycles. The van der Waals surface area contributed by atoms with Crippen molar-refractivity contribution in [2.75, 3.05) is 17.2 Å². The van der Waals surface area contributed by atoms with Crippen molar-refractivity contribution in [2.24, 2.45) is 13.0 Å². The second kappa shape index (κ2) is 11.9. The molecule has 9 nitrogen and oxygen atoms in total. The summed E-state index contributed by atoms with van der Waals surface area (Å²) in [4.78, 5) is 36.8. The Kier molecular flexibility index (Phi) is 8.27. The number of rotatable bonds is 8. The maximum absolute atomic E-state index is 13.1. The van der Waals surface area contributed by atoms with Gasteiger partial charge in [-0.3, -0.25) is 9.59 Å². The number of fused-ring (bicyclic) bond motifs is 1. The van der Waals surface area contributed by atoms with Crippen LogP contribution in [0.5, 0.6) is 0 Å². The fourth-order valence-electron chi connectivity index (χ4n) is 5.20. The number of amides is 1. The number of pyridine rings is 1. The highest BCUT2D eigenvalue weighted by Crippen LogP contribution is 2.35. The van der Waals surface area contributed by atoms with Crippen molar-refractivity contribution in [3.05, 3.63) is 106 Å². The number of carbonyl (C=O) groups is 1. The number of hydrogen-bond acceptors (Lipinski definition) is 7. The predicted octanol–water partition coefficient (Wildman–Crippen LogP) is 4.33. The number of aromatic nitrogens is 3. The largest absolute Gasteiger partial charge is 0.348 e. The minimum atomic E-state index is -3.26. The molecule has 42 heavy (non-hydrogen) atoms. The Morgan fingerprint density at radius 1 is 1.02 bits per heavy atom. The number of hydrogen-bond donors (Lipinski definition) is 1. The molecule has 218 valence electrons. The van der Waals surface area contributed by atoms with E-state index in [-0.39, 0.29) is 34.6 Å². The normalized spacial score (nSPS) is 15.0. The van der Waals surface area contributed by atoms with E-state index in [1.807, 2.05) is 18.2 Å². The Hall–Kier alpha value is -4.31. The van der Waals surface area contributed by atoms with Crippen molar-refractivity contribution in [3.8, 4) is 11.1 Å². The van der Waals surface area contributed by atoms with Crippen molar-refractivity contribution in [2.45, 2.75) is 44.7 Å². The highest BCUT2D eigenvalue weighted by molar-refractivity contribution is 7.91. The molecule has 1 aliphatic heterocycles. The first-order valence-electron chi connectivity index (χ1n) is 14.0. The minimum absolute atomic E-state index is 0.0456. The Morgan fingerprint density at radius 2 is 1.74 bits per heavy atom. The zero-order chi connectivity index (χ0) is 30.0. The zero-order valence-electron chi connectivity index (χ0n) is 24.2. The van der Waals surface area contributed by atoms with Crippen molar-refractivity contribution < 1.29 is 13.2 Å². The molecule has 0 spiro atoms. The molecule has 0 bridgehead atoms. The number of nitrogens with zero attached hydrogens (tertiary/aromatic N) is 4. The van der Waals surface area contributed by atoms with Crippen LogP contribution in [-0.2, 0) is 30.0 Å². The summed E-state index contributed by atoms with van der Waals surface area (Å²) in [6.45, 7) is 7.61. The van der Waals surface area contributed by atoms with E-state index < -0.39 is 9.84 Å². The number of sulfone groups is 1. The van der Waals surface area contributed by atoms with Gasteiger partial charge in [-0.05, 0) is 58.5 Å². The summed E-state index contributed by atoms with van der Waals surface area (Å²) in [5.74, 6) is 1.05. The second-order valence-electron chi connectivity index (χ2n) is 11.0. The van der Waals surface area contributed by atoms with Crippen LogP contribution in [0.1, 0.15) is 53.7 Å². The van der Waals surface area contributed by atoms with Gasteiger partial charge in [-0.2, -0.15) is 0 Å². The summed E-state index contributed by atoms with van der Waals surface area (Å²) in [7, 11) is -1.55. The smallest absolute Gasteiger partial charge is 0.251 e. The van der Waals surface area contributed by atoms with Gasteiger partial charge in [-0.1, -0.05) is 39.0 Å². The van der Waals surface area contributed by atoms with Crippen LogP contribution in [0, 0.1) is 5.92 Å². The second-order valence-corrected chi connectivity index (χ2v) is 13.3. The molecular formula is C32H35N5O4S. The zero-order valence-corrected chi connectivity index (χ0v) is 25.1. The quantitative estimate of drug-likeness (QED) is 0.328. The van der Waals surface area contributed by atoms with E-state index in [9.17, 15) is 18.0 Å². The average Bonchev–Trinajstić information content (AvgIpc) is 3.00. The van der Waals surface area contributed by atoms with Crippen molar-refractivity contribution in [1.29, 1.82) is 0 Å². The Balaban J connectivity index is 1.32. The Labute approximate surface area is 246 Å². The van der Waals surface area contributed by atoms with Gasteiger partial charge in [0, 0.05) is 68.4 Å². The lowest BCUT2D eigenvalue weighted by Gasteiger charge is -2.37. The highest BCUT2D eigenvalue weighted by Gasteiger charge is 2.29. The molecule has 0 radical (unpaired) electrons. The van der Waals surface area contributed by atoms with Crippen LogP contribution in [0.3, 0.4) is 0 Å². The molecule has 2 aromatic carbocycles. The van der Waals surface area contributed by atoms with E-state index in [0.29, 0.717) is 24.0 Å². The van der Waals surface area contributed by atoms with Gasteiger partial charge in [0.05, 0.1) is 10.6 Å². The Morgan fingerprint density at radius 3 is 2.38 bits per heavy atom. The first-order chi connectivity index (χ1) is 20.1. The lowest BCUT2D eigenvalue weighted by atomic mass is 9.82. The molecule has 1 atom stereocenters. The van der Waals surface area contributed by atoms with E-state index in [1.54, 1.807) is 62.9 Å². The summed E-state index contributed by atoms with van der Waals surface area (Å²) in [5, 5.41) is 2.95. The molecule has 0 saturated heterocycles. The molecule has 0 fully saturated rings. The van der Waals surface area contributed by atoms with Gasteiger partial charge < -0.3 is 14.8 Å². The number of benzene rings is 2. The van der Waals surface area contributed by atoms with Crippen LogP contribution in [0.25, 0.3) is 11.1 Å². The summed E-state index contributed by atoms with van der Waals surface area (Å²) in [5.41, 5.74) is 5.11. The third-order valence-corrected chi connectivity index (χ3v) is 9.61. The van der Waals surface area contributed by atoms with Crippen LogP contribution >= 0.6 is 0 Å². The monoisotopic (exact) mass is 585 g/mol. The van der Waals surface area contributed by atoms with E-state index in [2.05, 4.69) is 40.1 Å². The van der Waals surface area contributed by atoms with Gasteiger partial charge in [-0.15, -0.1) is 0 Å². The van der Waals surface area contributed by atoms with Gasteiger partial charge in [0.15, 0.2) is 9.84 Å². The van der Waals surface area contributed by atoms with E-state index in [0.717, 1.165) is 28.8 Å². The van der Waals surface area contributed by atoms with E-state index in [1.165, 1.54) is 10.1 Å². The predicted molar refractivity (Wildman–Crippen MR) is 163 cm³/mol. The first-order valence-corrected chi connectivity index (χ1v) is 15.7. The van der Waals surface area contributed by atoms with Crippen molar-refractivity contribution >= 4 is 21.7 Å². The molecule has 1 aliphatic rings. The first kappa shape index (κ1) is 29.2. The fourth-order valence-corrected chi connectivity index (χ4v) is 6.09. The molecule has 0 aliphatic carbocycles. The third-order valence-electron chi connectivity index (χ3n) is 7.86. The van der Waals surface area contributed by atoms with Gasteiger partial charge in [0.2, 0.25) is 5.95 Å².